The molecule has 0 aromatic heterocycles. The van der Waals surface area contributed by atoms with Crippen molar-refractivity contribution in [1.82, 2.24) is 0 Å². The van der Waals surface area contributed by atoms with Gasteiger partial charge in [-0.1, -0.05) is 30.3 Å². The Balaban J connectivity index is 2.34. The lowest BCUT2D eigenvalue weighted by Gasteiger charge is -2.26. The zero-order valence-electron chi connectivity index (χ0n) is 10.6. The van der Waals surface area contributed by atoms with Gasteiger partial charge in [0.15, 0.2) is 5.76 Å². The third kappa shape index (κ3) is 2.22. The summed E-state index contributed by atoms with van der Waals surface area (Å²) in [5.74, 6) is -0.784. The number of carbonyl (C=O) groups excluding carboxylic acids is 1. The first-order valence-corrected chi connectivity index (χ1v) is 6.15. The number of alkyl halides is 3. The molecule has 0 saturated carbocycles. The molecule has 0 bridgehead atoms. The molecule has 1 aromatic rings. The molecule has 1 unspecified atom stereocenters. The number of nitrogens with two attached hydrogens (primary N) is 1. The van der Waals surface area contributed by atoms with Crippen LogP contribution in [0.4, 0.5) is 13.2 Å². The number of hydrogen-bond donors (Lipinski definition) is 1. The number of halogens is 3. The van der Waals surface area contributed by atoms with Gasteiger partial charge in [-0.2, -0.15) is 13.2 Å². The highest BCUT2D eigenvalue weighted by molar-refractivity contribution is 6.10. The Bertz CT molecular complexity index is 803. The van der Waals surface area contributed by atoms with Crippen molar-refractivity contribution in [2.75, 3.05) is 0 Å². The van der Waals surface area contributed by atoms with Crippen LogP contribution in [0.1, 0.15) is 0 Å². The summed E-state index contributed by atoms with van der Waals surface area (Å²) in [5, 5.41) is 0.929. The monoisotopic (exact) mass is 293 g/mol. The fourth-order valence-corrected chi connectivity index (χ4v) is 2.42. The van der Waals surface area contributed by atoms with Gasteiger partial charge in [-0.15, -0.1) is 0 Å². The molecule has 2 aliphatic rings. The van der Waals surface area contributed by atoms with Gasteiger partial charge in [0, 0.05) is 10.8 Å². The summed E-state index contributed by atoms with van der Waals surface area (Å²) >= 11 is 0. The van der Waals surface area contributed by atoms with Crippen molar-refractivity contribution < 1.29 is 22.7 Å². The van der Waals surface area contributed by atoms with E-state index in [0.29, 0.717) is 16.0 Å². The third-order valence-corrected chi connectivity index (χ3v) is 3.35. The Hall–Kier alpha value is -2.50. The number of fused-ring (bicyclic) bond motifs is 2. The van der Waals surface area contributed by atoms with Crippen molar-refractivity contribution in [3.8, 4) is 0 Å². The lowest BCUT2D eigenvalue weighted by Crippen LogP contribution is -2.42. The average molecular weight is 293 g/mol. The largest absolute Gasteiger partial charge is 0.475 e. The molecule has 1 aliphatic heterocycles. The van der Waals surface area contributed by atoms with Crippen molar-refractivity contribution >= 4 is 17.2 Å². The zero-order chi connectivity index (χ0) is 15.2. The van der Waals surface area contributed by atoms with Crippen LogP contribution in [0, 0.1) is 0 Å². The van der Waals surface area contributed by atoms with Gasteiger partial charge in [-0.25, -0.2) is 0 Å². The highest BCUT2D eigenvalue weighted by Crippen LogP contribution is 2.33. The summed E-state index contributed by atoms with van der Waals surface area (Å²) in [6.45, 7) is 0. The van der Waals surface area contributed by atoms with Crippen LogP contribution in [0.25, 0.3) is 11.3 Å². The Morgan fingerprint density at radius 2 is 1.86 bits per heavy atom. The van der Waals surface area contributed by atoms with E-state index in [-0.39, 0.29) is 5.76 Å². The fraction of sp³-hybridized carbons (Fsp3) is 0.133. The van der Waals surface area contributed by atoms with Crippen LogP contribution in [-0.2, 0) is 9.53 Å². The number of amides is 1. The molecule has 6 heteroatoms. The summed E-state index contributed by atoms with van der Waals surface area (Å²) in [7, 11) is 0. The van der Waals surface area contributed by atoms with Crippen LogP contribution in [-0.4, -0.2) is 18.2 Å². The Morgan fingerprint density at radius 3 is 2.48 bits per heavy atom. The van der Waals surface area contributed by atoms with Gasteiger partial charge in [0.05, 0.1) is 5.57 Å². The number of hydrogen-bond acceptors (Lipinski definition) is 2. The molecule has 1 aromatic carbocycles. The molecule has 1 heterocycles. The molecule has 1 atom stereocenters. The summed E-state index contributed by atoms with van der Waals surface area (Å²) in [6.07, 6.45) is -1.91. The zero-order valence-corrected chi connectivity index (χ0v) is 10.6. The highest BCUT2D eigenvalue weighted by Gasteiger charge is 2.35. The molecule has 0 saturated heterocycles. The Labute approximate surface area is 117 Å². The second-order valence-corrected chi connectivity index (χ2v) is 4.69. The third-order valence-electron chi connectivity index (χ3n) is 3.35. The van der Waals surface area contributed by atoms with E-state index < -0.39 is 23.8 Å². The first kappa shape index (κ1) is 13.5. The predicted molar refractivity (Wildman–Crippen MR) is 69.9 cm³/mol. The molecular weight excluding hydrogens is 283 g/mol. The number of primary amides is 1. The summed E-state index contributed by atoms with van der Waals surface area (Å²) in [5.41, 5.74) is 4.88. The maximum Gasteiger partial charge on any atom is 0.416 e. The molecule has 1 aliphatic carbocycles. The smallest absolute Gasteiger partial charge is 0.416 e. The van der Waals surface area contributed by atoms with E-state index >= 15 is 0 Å². The van der Waals surface area contributed by atoms with E-state index in [1.807, 2.05) is 0 Å². The number of benzene rings is 1. The standard InChI is InChI=1S/C15H10F3NO2/c16-15(17,18)8-5-6-12-11(7-8)9-3-1-2-4-10(9)13(21-12)14(19)20/h1-7,12H,(H2,19,20). The van der Waals surface area contributed by atoms with Crippen molar-refractivity contribution in [3.05, 3.63) is 58.5 Å². The van der Waals surface area contributed by atoms with Crippen LogP contribution in [0.2, 0.25) is 0 Å². The van der Waals surface area contributed by atoms with Crippen molar-refractivity contribution in [3.63, 3.8) is 0 Å². The van der Waals surface area contributed by atoms with E-state index in [0.717, 1.165) is 12.2 Å². The molecule has 0 spiro atoms. The second-order valence-electron chi connectivity index (χ2n) is 4.69. The van der Waals surface area contributed by atoms with Gasteiger partial charge in [-0.05, 0) is 17.4 Å². The lowest BCUT2D eigenvalue weighted by molar-refractivity contribution is -0.115. The topological polar surface area (TPSA) is 52.3 Å². The second kappa shape index (κ2) is 4.51. The number of allylic oxidation sites excluding steroid dienone is 2. The SMILES string of the molecule is NC(=O)C1=c2ccccc2=C2C=C(C(F)(F)F)C=CC2O1. The summed E-state index contributed by atoms with van der Waals surface area (Å²) < 4.78 is 43.9. The molecule has 108 valence electrons. The van der Waals surface area contributed by atoms with E-state index in [1.54, 1.807) is 24.3 Å². The molecule has 21 heavy (non-hydrogen) atoms. The molecule has 3 nitrogen and oxygen atoms in total. The van der Waals surface area contributed by atoms with Crippen LogP contribution in [0.3, 0.4) is 0 Å². The van der Waals surface area contributed by atoms with E-state index in [2.05, 4.69) is 0 Å². The van der Waals surface area contributed by atoms with Gasteiger partial charge >= 0.3 is 6.18 Å². The number of ether oxygens (including phenoxy) is 1. The molecule has 0 fully saturated rings. The summed E-state index contributed by atoms with van der Waals surface area (Å²) in [4.78, 5) is 11.4. The minimum Gasteiger partial charge on any atom is -0.475 e. The van der Waals surface area contributed by atoms with Crippen molar-refractivity contribution in [2.24, 2.45) is 5.73 Å². The van der Waals surface area contributed by atoms with E-state index in [9.17, 15) is 18.0 Å². The minimum atomic E-state index is -4.43. The molecule has 1 amide bonds. The van der Waals surface area contributed by atoms with Gasteiger partial charge < -0.3 is 10.5 Å². The first-order chi connectivity index (χ1) is 9.88. The maximum absolute atomic E-state index is 12.8. The quantitative estimate of drug-likeness (QED) is 0.836. The summed E-state index contributed by atoms with van der Waals surface area (Å²) in [6, 6.07) is 6.59. The molecule has 3 rings (SSSR count). The average Bonchev–Trinajstić information content (AvgIpc) is 2.44. The van der Waals surface area contributed by atoms with Crippen molar-refractivity contribution in [1.29, 1.82) is 0 Å². The van der Waals surface area contributed by atoms with Crippen LogP contribution >= 0.6 is 0 Å². The molecular formula is C15H10F3NO2. The lowest BCUT2D eigenvalue weighted by atomic mass is 9.94. The highest BCUT2D eigenvalue weighted by atomic mass is 19.4. The Kier molecular flexibility index (Phi) is 2.90. The van der Waals surface area contributed by atoms with Gasteiger partial charge in [0.1, 0.15) is 6.10 Å². The van der Waals surface area contributed by atoms with Crippen molar-refractivity contribution in [2.45, 2.75) is 12.3 Å². The van der Waals surface area contributed by atoms with Gasteiger partial charge in [-0.3, -0.25) is 4.79 Å². The minimum absolute atomic E-state index is 0.0344. The molecule has 2 N–H and O–H groups in total. The molecule has 0 radical (unpaired) electrons. The first-order valence-electron chi connectivity index (χ1n) is 6.15. The van der Waals surface area contributed by atoms with Gasteiger partial charge in [0.25, 0.3) is 5.91 Å². The maximum atomic E-state index is 12.8. The van der Waals surface area contributed by atoms with Crippen LogP contribution in [0.15, 0.2) is 48.1 Å². The van der Waals surface area contributed by atoms with Gasteiger partial charge in [0.2, 0.25) is 0 Å². The van der Waals surface area contributed by atoms with Crippen LogP contribution < -0.4 is 16.2 Å². The number of rotatable bonds is 1. The number of carbonyl (C=O) groups is 1. The van der Waals surface area contributed by atoms with Crippen LogP contribution in [0.5, 0.6) is 0 Å². The Morgan fingerprint density at radius 1 is 1.19 bits per heavy atom. The normalized spacial score (nSPS) is 20.3. The fourth-order valence-electron chi connectivity index (χ4n) is 2.42. The predicted octanol–water partition coefficient (Wildman–Crippen LogP) is 0.888. The van der Waals surface area contributed by atoms with E-state index in [4.69, 9.17) is 10.5 Å². The van der Waals surface area contributed by atoms with E-state index in [1.165, 1.54) is 6.08 Å².